The Morgan fingerprint density at radius 3 is 2.33 bits per heavy atom. The van der Waals surface area contributed by atoms with Crippen LogP contribution in [0, 0.1) is 5.92 Å². The first-order chi connectivity index (χ1) is 9.90. The number of carboxylic acid groups (broad SMARTS) is 1. The van der Waals surface area contributed by atoms with Crippen molar-refractivity contribution < 1.29 is 14.7 Å². The first-order valence-corrected chi connectivity index (χ1v) is 7.98. The van der Waals surface area contributed by atoms with E-state index >= 15 is 0 Å². The van der Waals surface area contributed by atoms with Gasteiger partial charge in [-0.05, 0) is 37.5 Å². The molecule has 2 atom stereocenters. The maximum atomic E-state index is 12.7. The highest BCUT2D eigenvalue weighted by Gasteiger charge is 2.36. The largest absolute Gasteiger partial charge is 0.481 e. The highest BCUT2D eigenvalue weighted by molar-refractivity contribution is 9.10. The Morgan fingerprint density at radius 2 is 1.86 bits per heavy atom. The molecule has 1 amide bonds. The fourth-order valence-electron chi connectivity index (χ4n) is 2.32. The Morgan fingerprint density at radius 1 is 1.29 bits per heavy atom. The van der Waals surface area contributed by atoms with Gasteiger partial charge in [0.2, 0.25) is 5.91 Å². The molecular weight excluding hydrogens is 334 g/mol. The Kier molecular flexibility index (Phi) is 5.04. The number of amides is 1. The molecule has 1 aromatic carbocycles. The number of carbonyl (C=O) groups excluding carboxylic acids is 1. The van der Waals surface area contributed by atoms with Crippen molar-refractivity contribution >= 4 is 27.8 Å². The maximum absolute atomic E-state index is 12.7. The van der Waals surface area contributed by atoms with Crippen LogP contribution < -0.4 is 0 Å². The molecule has 4 nitrogen and oxygen atoms in total. The second-order valence-corrected chi connectivity index (χ2v) is 6.65. The van der Waals surface area contributed by atoms with Crippen LogP contribution in [-0.4, -0.2) is 34.5 Å². The lowest BCUT2D eigenvalue weighted by Crippen LogP contribution is -2.40. The van der Waals surface area contributed by atoms with Crippen LogP contribution in [0.3, 0.4) is 0 Å². The number of aliphatic carboxylic acids is 1. The lowest BCUT2D eigenvalue weighted by Gasteiger charge is -2.27. The van der Waals surface area contributed by atoms with Gasteiger partial charge in [0, 0.05) is 17.1 Å². The topological polar surface area (TPSA) is 57.6 Å². The fraction of sp³-hybridized carbons (Fsp3) is 0.500. The van der Waals surface area contributed by atoms with Gasteiger partial charge in [0.15, 0.2) is 0 Å². The summed E-state index contributed by atoms with van der Waals surface area (Å²) in [5, 5.41) is 9.06. The highest BCUT2D eigenvalue weighted by atomic mass is 79.9. The Balaban J connectivity index is 2.10. The van der Waals surface area contributed by atoms with Crippen molar-refractivity contribution in [3.05, 3.63) is 34.3 Å². The van der Waals surface area contributed by atoms with E-state index < -0.39 is 11.9 Å². The van der Waals surface area contributed by atoms with Crippen LogP contribution in [0.5, 0.6) is 0 Å². The minimum atomic E-state index is -0.857. The summed E-state index contributed by atoms with van der Waals surface area (Å²) in [5.74, 6) is -1.62. The SMILES string of the molecule is CC(CN(C(=O)C(C)c1ccc(Br)cc1)C1CC1)C(=O)O. The third kappa shape index (κ3) is 4.06. The van der Waals surface area contributed by atoms with Crippen molar-refractivity contribution in [3.8, 4) is 0 Å². The number of rotatable bonds is 6. The van der Waals surface area contributed by atoms with Crippen molar-refractivity contribution in [1.29, 1.82) is 0 Å². The molecule has 1 aliphatic rings. The first-order valence-electron chi connectivity index (χ1n) is 7.19. The molecule has 0 saturated heterocycles. The maximum Gasteiger partial charge on any atom is 0.308 e. The molecule has 0 spiro atoms. The van der Waals surface area contributed by atoms with Crippen molar-refractivity contribution in [2.45, 2.75) is 38.6 Å². The molecule has 1 fully saturated rings. The van der Waals surface area contributed by atoms with E-state index in [0.717, 1.165) is 22.9 Å². The van der Waals surface area contributed by atoms with Crippen LogP contribution >= 0.6 is 15.9 Å². The Labute approximate surface area is 133 Å². The molecule has 21 heavy (non-hydrogen) atoms. The number of carbonyl (C=O) groups is 2. The summed E-state index contributed by atoms with van der Waals surface area (Å²) in [6.07, 6.45) is 1.95. The van der Waals surface area contributed by atoms with Crippen LogP contribution in [0.2, 0.25) is 0 Å². The molecule has 2 unspecified atom stereocenters. The quantitative estimate of drug-likeness (QED) is 0.853. The average molecular weight is 354 g/mol. The molecular formula is C16H20BrNO3. The van der Waals surface area contributed by atoms with Gasteiger partial charge in [-0.2, -0.15) is 0 Å². The van der Waals surface area contributed by atoms with E-state index in [2.05, 4.69) is 15.9 Å². The Hall–Kier alpha value is -1.36. The molecule has 1 saturated carbocycles. The van der Waals surface area contributed by atoms with Crippen LogP contribution in [0.25, 0.3) is 0 Å². The van der Waals surface area contributed by atoms with Crippen LogP contribution in [-0.2, 0) is 9.59 Å². The minimum absolute atomic E-state index is 0.0212. The molecule has 0 aromatic heterocycles. The fourth-order valence-corrected chi connectivity index (χ4v) is 2.59. The second kappa shape index (κ2) is 6.60. The van der Waals surface area contributed by atoms with E-state index in [-0.39, 0.29) is 17.9 Å². The molecule has 1 aliphatic carbocycles. The van der Waals surface area contributed by atoms with Crippen molar-refractivity contribution in [1.82, 2.24) is 4.90 Å². The van der Waals surface area contributed by atoms with E-state index in [1.165, 1.54) is 0 Å². The smallest absolute Gasteiger partial charge is 0.308 e. The molecule has 2 rings (SSSR count). The zero-order valence-corrected chi connectivity index (χ0v) is 13.8. The van der Waals surface area contributed by atoms with Gasteiger partial charge in [-0.15, -0.1) is 0 Å². The zero-order valence-electron chi connectivity index (χ0n) is 12.3. The van der Waals surface area contributed by atoms with E-state index in [0.29, 0.717) is 6.54 Å². The third-order valence-corrected chi connectivity index (χ3v) is 4.43. The normalized spacial score (nSPS) is 17.1. The van der Waals surface area contributed by atoms with Gasteiger partial charge in [-0.1, -0.05) is 35.0 Å². The lowest BCUT2D eigenvalue weighted by atomic mass is 9.99. The molecule has 0 radical (unpaired) electrons. The van der Waals surface area contributed by atoms with E-state index in [4.69, 9.17) is 5.11 Å². The summed E-state index contributed by atoms with van der Waals surface area (Å²) >= 11 is 3.38. The van der Waals surface area contributed by atoms with Gasteiger partial charge in [0.05, 0.1) is 11.8 Å². The summed E-state index contributed by atoms with van der Waals surface area (Å²) in [6, 6.07) is 7.91. The summed E-state index contributed by atoms with van der Waals surface area (Å²) in [7, 11) is 0. The second-order valence-electron chi connectivity index (χ2n) is 5.73. The summed E-state index contributed by atoms with van der Waals surface area (Å²) in [6.45, 7) is 3.82. The van der Waals surface area contributed by atoms with Gasteiger partial charge in [0.1, 0.15) is 0 Å². The predicted molar refractivity (Wildman–Crippen MR) is 84.1 cm³/mol. The molecule has 1 aromatic rings. The number of hydrogen-bond donors (Lipinski definition) is 1. The number of benzene rings is 1. The number of nitrogens with zero attached hydrogens (tertiary/aromatic N) is 1. The molecule has 0 heterocycles. The van der Waals surface area contributed by atoms with Crippen molar-refractivity contribution in [3.63, 3.8) is 0 Å². The predicted octanol–water partition coefficient (Wildman–Crippen LogP) is 3.26. The van der Waals surface area contributed by atoms with Gasteiger partial charge < -0.3 is 10.0 Å². The summed E-state index contributed by atoms with van der Waals surface area (Å²) < 4.78 is 0.976. The highest BCUT2D eigenvalue weighted by Crippen LogP contribution is 2.31. The lowest BCUT2D eigenvalue weighted by molar-refractivity contribution is -0.143. The zero-order chi connectivity index (χ0) is 15.6. The number of carboxylic acids is 1. The van der Waals surface area contributed by atoms with E-state index in [1.807, 2.05) is 31.2 Å². The van der Waals surface area contributed by atoms with Gasteiger partial charge >= 0.3 is 5.97 Å². The number of hydrogen-bond acceptors (Lipinski definition) is 2. The first kappa shape index (κ1) is 16.0. The molecule has 1 N–H and O–H groups in total. The summed E-state index contributed by atoms with van der Waals surface area (Å²) in [5.41, 5.74) is 0.955. The standard InChI is InChI=1S/C16H20BrNO3/c1-10(16(20)21)9-18(14-7-8-14)15(19)11(2)12-3-5-13(17)6-4-12/h3-6,10-11,14H,7-9H2,1-2H3,(H,20,21). The van der Waals surface area contributed by atoms with E-state index in [9.17, 15) is 9.59 Å². The third-order valence-electron chi connectivity index (χ3n) is 3.90. The van der Waals surface area contributed by atoms with Crippen LogP contribution in [0.1, 0.15) is 38.2 Å². The summed E-state index contributed by atoms with van der Waals surface area (Å²) in [4.78, 5) is 25.5. The van der Waals surface area contributed by atoms with Crippen molar-refractivity contribution in [2.24, 2.45) is 5.92 Å². The molecule has 0 aliphatic heterocycles. The molecule has 5 heteroatoms. The monoisotopic (exact) mass is 353 g/mol. The van der Waals surface area contributed by atoms with Crippen LogP contribution in [0.15, 0.2) is 28.7 Å². The van der Waals surface area contributed by atoms with Gasteiger partial charge in [0.25, 0.3) is 0 Å². The number of halogens is 1. The average Bonchev–Trinajstić information content (AvgIpc) is 3.28. The molecule has 114 valence electrons. The van der Waals surface area contributed by atoms with Crippen LogP contribution in [0.4, 0.5) is 0 Å². The van der Waals surface area contributed by atoms with Gasteiger partial charge in [-0.25, -0.2) is 0 Å². The molecule has 0 bridgehead atoms. The minimum Gasteiger partial charge on any atom is -0.481 e. The van der Waals surface area contributed by atoms with Crippen molar-refractivity contribution in [2.75, 3.05) is 6.54 Å². The van der Waals surface area contributed by atoms with Gasteiger partial charge in [-0.3, -0.25) is 9.59 Å². The Bertz CT molecular complexity index is 525. The van der Waals surface area contributed by atoms with E-state index in [1.54, 1.807) is 11.8 Å².